The van der Waals surface area contributed by atoms with E-state index in [2.05, 4.69) is 20.5 Å². The molecule has 3 aromatic rings. The molecule has 0 saturated carbocycles. The van der Waals surface area contributed by atoms with E-state index in [0.717, 1.165) is 0 Å². The van der Waals surface area contributed by atoms with Crippen molar-refractivity contribution in [1.82, 2.24) is 5.16 Å². The molecular formula is C21H22N4O5S. The van der Waals surface area contributed by atoms with Crippen LogP contribution in [0.2, 0.25) is 0 Å². The molecule has 0 bridgehead atoms. The molecule has 3 rings (SSSR count). The van der Waals surface area contributed by atoms with E-state index in [-0.39, 0.29) is 22.6 Å². The van der Waals surface area contributed by atoms with E-state index < -0.39 is 10.0 Å². The molecule has 0 spiro atoms. The molecule has 0 saturated heterocycles. The van der Waals surface area contributed by atoms with Gasteiger partial charge in [0.1, 0.15) is 0 Å². The Balaban J connectivity index is 1.95. The van der Waals surface area contributed by atoms with Gasteiger partial charge in [-0.05, 0) is 55.3 Å². The number of hydrogen-bond donors (Lipinski definition) is 3. The van der Waals surface area contributed by atoms with Gasteiger partial charge in [0, 0.05) is 25.2 Å². The fraction of sp³-hybridized carbons (Fsp3) is 0.190. The molecule has 162 valence electrons. The number of aryl methyl sites for hydroxylation is 2. The van der Waals surface area contributed by atoms with Gasteiger partial charge in [-0.2, -0.15) is 0 Å². The third-order valence-corrected chi connectivity index (χ3v) is 5.90. The molecule has 0 unspecified atom stereocenters. The Morgan fingerprint density at radius 2 is 1.52 bits per heavy atom. The van der Waals surface area contributed by atoms with Gasteiger partial charge >= 0.3 is 0 Å². The van der Waals surface area contributed by atoms with E-state index in [9.17, 15) is 18.0 Å². The number of nitrogens with zero attached hydrogens (tertiary/aromatic N) is 1. The fourth-order valence-electron chi connectivity index (χ4n) is 3.03. The first kappa shape index (κ1) is 22.0. The van der Waals surface area contributed by atoms with Gasteiger partial charge in [0.05, 0.1) is 16.2 Å². The second-order valence-electron chi connectivity index (χ2n) is 7.00. The van der Waals surface area contributed by atoms with Crippen molar-refractivity contribution in [3.05, 3.63) is 53.7 Å². The van der Waals surface area contributed by atoms with Crippen LogP contribution in [0.3, 0.4) is 0 Å². The number of benzene rings is 2. The molecule has 1 heterocycles. The number of hydrogen-bond acceptors (Lipinski definition) is 6. The van der Waals surface area contributed by atoms with E-state index in [1.807, 2.05) is 0 Å². The standard InChI is InChI=1S/C21H22N4O5S/c1-12-5-6-16(20-13(2)24-30-21(20)23-15(4)27)11-19(12)31(28,29)25-18-9-7-17(8-10-18)22-14(3)26/h5-11,25H,1-4H3,(H,22,26)(H,23,27). The van der Waals surface area contributed by atoms with Gasteiger partial charge in [-0.1, -0.05) is 17.3 Å². The average Bonchev–Trinajstić information content (AvgIpc) is 3.02. The molecule has 0 fully saturated rings. The Kier molecular flexibility index (Phi) is 6.11. The van der Waals surface area contributed by atoms with Crippen LogP contribution in [0.1, 0.15) is 25.1 Å². The van der Waals surface area contributed by atoms with Gasteiger partial charge in [0.2, 0.25) is 17.7 Å². The summed E-state index contributed by atoms with van der Waals surface area (Å²) in [6, 6.07) is 11.2. The van der Waals surface area contributed by atoms with Crippen LogP contribution in [0.15, 0.2) is 51.9 Å². The number of carbonyl (C=O) groups is 2. The zero-order chi connectivity index (χ0) is 22.8. The normalized spacial score (nSPS) is 11.1. The number of carbonyl (C=O) groups excluding carboxylic acids is 2. The van der Waals surface area contributed by atoms with E-state index in [1.54, 1.807) is 50.2 Å². The second kappa shape index (κ2) is 8.60. The van der Waals surface area contributed by atoms with Gasteiger partial charge in [0.25, 0.3) is 10.0 Å². The smallest absolute Gasteiger partial charge is 0.262 e. The number of amides is 2. The minimum atomic E-state index is -3.92. The van der Waals surface area contributed by atoms with Gasteiger partial charge in [-0.25, -0.2) is 8.42 Å². The van der Waals surface area contributed by atoms with E-state index >= 15 is 0 Å². The zero-order valence-electron chi connectivity index (χ0n) is 17.4. The van der Waals surface area contributed by atoms with Crippen LogP contribution in [-0.2, 0) is 19.6 Å². The maximum atomic E-state index is 13.1. The number of anilines is 3. The SMILES string of the molecule is CC(=O)Nc1ccc(NS(=O)(=O)c2cc(-c3c(C)noc3NC(C)=O)ccc2C)cc1. The number of rotatable bonds is 6. The molecule has 10 heteroatoms. The van der Waals surface area contributed by atoms with Crippen molar-refractivity contribution in [2.75, 3.05) is 15.4 Å². The molecule has 0 atom stereocenters. The second-order valence-corrected chi connectivity index (χ2v) is 8.65. The third kappa shape index (κ3) is 5.10. The first-order chi connectivity index (χ1) is 14.6. The number of nitrogens with one attached hydrogen (secondary N) is 3. The molecule has 2 aromatic carbocycles. The Bertz CT molecular complexity index is 1250. The van der Waals surface area contributed by atoms with Crippen molar-refractivity contribution in [3.63, 3.8) is 0 Å². The highest BCUT2D eigenvalue weighted by atomic mass is 32.2. The molecule has 0 aliphatic carbocycles. The maximum absolute atomic E-state index is 13.1. The molecule has 3 N–H and O–H groups in total. The van der Waals surface area contributed by atoms with E-state index in [1.165, 1.54) is 19.9 Å². The molecule has 9 nitrogen and oxygen atoms in total. The summed E-state index contributed by atoms with van der Waals surface area (Å²) in [4.78, 5) is 22.6. The Morgan fingerprint density at radius 1 is 0.903 bits per heavy atom. The lowest BCUT2D eigenvalue weighted by Crippen LogP contribution is -2.14. The van der Waals surface area contributed by atoms with Crippen LogP contribution < -0.4 is 15.4 Å². The molecule has 2 amide bonds. The van der Waals surface area contributed by atoms with Crippen LogP contribution in [-0.4, -0.2) is 25.4 Å². The first-order valence-corrected chi connectivity index (χ1v) is 10.8. The summed E-state index contributed by atoms with van der Waals surface area (Å²) in [5.74, 6) is -0.399. The summed E-state index contributed by atoms with van der Waals surface area (Å²) >= 11 is 0. The largest absolute Gasteiger partial charge is 0.337 e. The topological polar surface area (TPSA) is 130 Å². The van der Waals surface area contributed by atoms with Gasteiger partial charge in [-0.15, -0.1) is 0 Å². The van der Waals surface area contributed by atoms with Crippen LogP contribution in [0.4, 0.5) is 17.3 Å². The Morgan fingerprint density at radius 3 is 2.13 bits per heavy atom. The maximum Gasteiger partial charge on any atom is 0.262 e. The van der Waals surface area contributed by atoms with E-state index in [0.29, 0.717) is 33.8 Å². The van der Waals surface area contributed by atoms with Crippen molar-refractivity contribution >= 4 is 39.1 Å². The molecule has 1 aromatic heterocycles. The van der Waals surface area contributed by atoms with Crippen molar-refractivity contribution in [3.8, 4) is 11.1 Å². The van der Waals surface area contributed by atoms with Crippen molar-refractivity contribution < 1.29 is 22.5 Å². The van der Waals surface area contributed by atoms with Gasteiger partial charge in [0.15, 0.2) is 0 Å². The van der Waals surface area contributed by atoms with Crippen LogP contribution in [0.25, 0.3) is 11.1 Å². The summed E-state index contributed by atoms with van der Waals surface area (Å²) in [5, 5.41) is 9.05. The number of aromatic nitrogens is 1. The third-order valence-electron chi connectivity index (χ3n) is 4.38. The number of sulfonamides is 1. The fourth-order valence-corrected chi connectivity index (χ4v) is 4.37. The van der Waals surface area contributed by atoms with Crippen molar-refractivity contribution in [2.24, 2.45) is 0 Å². The highest BCUT2D eigenvalue weighted by Gasteiger charge is 2.22. The molecule has 0 aliphatic rings. The summed E-state index contributed by atoms with van der Waals surface area (Å²) in [6.45, 7) is 6.12. The lowest BCUT2D eigenvalue weighted by atomic mass is 10.0. The summed E-state index contributed by atoms with van der Waals surface area (Å²) in [7, 11) is -3.92. The lowest BCUT2D eigenvalue weighted by Gasteiger charge is -2.13. The molecule has 0 aliphatic heterocycles. The minimum Gasteiger partial charge on any atom is -0.337 e. The van der Waals surface area contributed by atoms with Crippen LogP contribution in [0.5, 0.6) is 0 Å². The lowest BCUT2D eigenvalue weighted by molar-refractivity contribution is -0.115. The zero-order valence-corrected chi connectivity index (χ0v) is 18.3. The molecular weight excluding hydrogens is 420 g/mol. The predicted octanol–water partition coefficient (Wildman–Crippen LogP) is 3.68. The highest BCUT2D eigenvalue weighted by Crippen LogP contribution is 2.34. The van der Waals surface area contributed by atoms with E-state index in [4.69, 9.17) is 4.52 Å². The Hall–Kier alpha value is -3.66. The predicted molar refractivity (Wildman–Crippen MR) is 117 cm³/mol. The summed E-state index contributed by atoms with van der Waals surface area (Å²) in [6.07, 6.45) is 0. The van der Waals surface area contributed by atoms with Gasteiger partial charge < -0.3 is 9.84 Å². The van der Waals surface area contributed by atoms with Crippen molar-refractivity contribution in [1.29, 1.82) is 0 Å². The van der Waals surface area contributed by atoms with Crippen molar-refractivity contribution in [2.45, 2.75) is 32.6 Å². The monoisotopic (exact) mass is 442 g/mol. The molecule has 0 radical (unpaired) electrons. The first-order valence-electron chi connectivity index (χ1n) is 9.32. The highest BCUT2D eigenvalue weighted by molar-refractivity contribution is 7.92. The van der Waals surface area contributed by atoms with Crippen LogP contribution in [0, 0.1) is 13.8 Å². The Labute approximate surface area is 179 Å². The summed E-state index contributed by atoms with van der Waals surface area (Å²) < 4.78 is 33.8. The van der Waals surface area contributed by atoms with Gasteiger partial charge in [-0.3, -0.25) is 19.6 Å². The van der Waals surface area contributed by atoms with Crippen LogP contribution >= 0.6 is 0 Å². The summed E-state index contributed by atoms with van der Waals surface area (Å²) in [5.41, 5.74) is 3.00. The molecule has 31 heavy (non-hydrogen) atoms. The average molecular weight is 442 g/mol. The minimum absolute atomic E-state index is 0.0744. The quantitative estimate of drug-likeness (QED) is 0.534.